The van der Waals surface area contributed by atoms with Crippen LogP contribution in [0.2, 0.25) is 0 Å². The van der Waals surface area contributed by atoms with E-state index in [4.69, 9.17) is 9.84 Å². The topological polar surface area (TPSA) is 45.1 Å². The first-order chi connectivity index (χ1) is 14.5. The van der Waals surface area contributed by atoms with E-state index in [0.717, 1.165) is 24.8 Å². The van der Waals surface area contributed by atoms with Gasteiger partial charge in [-0.1, -0.05) is 74.0 Å². The molecule has 1 unspecified atom stereocenters. The molecule has 30 heavy (non-hydrogen) atoms. The van der Waals surface area contributed by atoms with E-state index in [1.807, 2.05) is 36.4 Å². The van der Waals surface area contributed by atoms with Gasteiger partial charge in [0.25, 0.3) is 0 Å². The van der Waals surface area contributed by atoms with Gasteiger partial charge in [-0.3, -0.25) is 0 Å². The number of carbonyl (C=O) groups excluding carboxylic acids is 1. The molecule has 0 saturated heterocycles. The van der Waals surface area contributed by atoms with Crippen molar-refractivity contribution in [2.75, 3.05) is 27.3 Å². The maximum absolute atomic E-state index is 13.9. The summed E-state index contributed by atoms with van der Waals surface area (Å²) < 4.78 is 19.0. The van der Waals surface area contributed by atoms with Crippen molar-refractivity contribution in [2.24, 2.45) is 5.10 Å². The highest BCUT2D eigenvalue weighted by Crippen LogP contribution is 2.50. The van der Waals surface area contributed by atoms with Crippen LogP contribution in [0.15, 0.2) is 59.7 Å². The normalized spacial score (nSPS) is 18.4. The minimum Gasteiger partial charge on any atom is -0.383 e. The van der Waals surface area contributed by atoms with Crippen molar-refractivity contribution in [3.05, 3.63) is 71.5 Å². The number of halogens is 1. The molecule has 0 spiro atoms. The molecule has 0 bridgehead atoms. The maximum Gasteiger partial charge on any atom is 0.341 e. The van der Waals surface area contributed by atoms with Gasteiger partial charge in [0, 0.05) is 26.3 Å². The number of urea groups is 1. The summed E-state index contributed by atoms with van der Waals surface area (Å²) in [6.45, 7) is 3.03. The first-order valence-electron chi connectivity index (χ1n) is 10.1. The fraction of sp³-hybridized carbons (Fsp3) is 0.391. The van der Waals surface area contributed by atoms with Gasteiger partial charge in [0.1, 0.15) is 15.7 Å². The van der Waals surface area contributed by atoms with Crippen molar-refractivity contribution in [2.45, 2.75) is 31.1 Å². The van der Waals surface area contributed by atoms with E-state index in [2.05, 4.69) is 6.92 Å². The molecule has 160 valence electrons. The highest BCUT2D eigenvalue weighted by Gasteiger charge is 2.49. The van der Waals surface area contributed by atoms with Gasteiger partial charge >= 0.3 is 6.03 Å². The van der Waals surface area contributed by atoms with Crippen molar-refractivity contribution in [1.29, 1.82) is 0 Å². The standard InChI is InChI=1S/C23H28FN3O2S/c1-4-5-14-23(19-11-7-6-8-12-19)27(22(28)26(2)15-16-29-3)25-21(30-23)18-10-9-13-20(24)17-18/h6-13,17H,4-5,14-16H2,1-3H3. The molecular formula is C23H28FN3O2S. The summed E-state index contributed by atoms with van der Waals surface area (Å²) in [6.07, 6.45) is 2.66. The molecule has 0 saturated carbocycles. The van der Waals surface area contributed by atoms with Crippen LogP contribution in [0.1, 0.15) is 37.3 Å². The number of hydrogen-bond donors (Lipinski definition) is 0. The SMILES string of the molecule is CCCCC1(c2ccccc2)SC(c2cccc(F)c2)=NN1C(=O)N(C)CCOC. The zero-order valence-corrected chi connectivity index (χ0v) is 18.5. The Labute approximate surface area is 181 Å². The summed E-state index contributed by atoms with van der Waals surface area (Å²) in [5.41, 5.74) is 1.68. The molecule has 1 atom stereocenters. The van der Waals surface area contributed by atoms with Crippen LogP contribution in [-0.4, -0.2) is 48.3 Å². The Balaban J connectivity index is 2.06. The quantitative estimate of drug-likeness (QED) is 0.574. The van der Waals surface area contributed by atoms with E-state index in [1.165, 1.54) is 23.9 Å². The molecule has 0 N–H and O–H groups in total. The van der Waals surface area contributed by atoms with Crippen LogP contribution >= 0.6 is 11.8 Å². The van der Waals surface area contributed by atoms with Gasteiger partial charge < -0.3 is 9.64 Å². The monoisotopic (exact) mass is 429 g/mol. The third-order valence-electron chi connectivity index (χ3n) is 5.10. The molecule has 1 heterocycles. The number of benzene rings is 2. The van der Waals surface area contributed by atoms with E-state index in [9.17, 15) is 9.18 Å². The Hall–Kier alpha value is -2.38. The van der Waals surface area contributed by atoms with Gasteiger partial charge in [0.05, 0.1) is 6.61 Å². The van der Waals surface area contributed by atoms with Crippen LogP contribution in [0, 0.1) is 5.82 Å². The van der Waals surface area contributed by atoms with E-state index >= 15 is 0 Å². The minimum atomic E-state index is -0.683. The molecule has 3 rings (SSSR count). The third-order valence-corrected chi connectivity index (χ3v) is 6.56. The molecule has 1 aliphatic rings. The summed E-state index contributed by atoms with van der Waals surface area (Å²) in [7, 11) is 3.36. The molecule has 0 fully saturated rings. The second-order valence-corrected chi connectivity index (χ2v) is 8.55. The number of nitrogens with zero attached hydrogens (tertiary/aromatic N) is 3. The van der Waals surface area contributed by atoms with Crippen molar-refractivity contribution in [1.82, 2.24) is 9.91 Å². The Bertz CT molecular complexity index is 893. The van der Waals surface area contributed by atoms with Crippen LogP contribution in [0.25, 0.3) is 0 Å². The number of ether oxygens (including phenoxy) is 1. The number of unbranched alkanes of at least 4 members (excludes halogenated alkanes) is 1. The molecule has 2 amide bonds. The van der Waals surface area contributed by atoms with Crippen molar-refractivity contribution in [3.63, 3.8) is 0 Å². The molecule has 7 heteroatoms. The summed E-state index contributed by atoms with van der Waals surface area (Å²) in [6, 6.07) is 16.1. The lowest BCUT2D eigenvalue weighted by Crippen LogP contribution is -2.47. The smallest absolute Gasteiger partial charge is 0.341 e. The van der Waals surface area contributed by atoms with Crippen LogP contribution in [-0.2, 0) is 9.61 Å². The molecule has 1 aliphatic heterocycles. The van der Waals surface area contributed by atoms with Gasteiger partial charge in [0.15, 0.2) is 0 Å². The largest absolute Gasteiger partial charge is 0.383 e. The average Bonchev–Trinajstić information content (AvgIpc) is 3.17. The molecule has 0 aliphatic carbocycles. The molecule has 5 nitrogen and oxygen atoms in total. The van der Waals surface area contributed by atoms with Crippen LogP contribution in [0.4, 0.5) is 9.18 Å². The van der Waals surface area contributed by atoms with Crippen molar-refractivity contribution in [3.8, 4) is 0 Å². The summed E-state index contributed by atoms with van der Waals surface area (Å²) in [5, 5.41) is 6.95. The Morgan fingerprint density at radius 2 is 2.00 bits per heavy atom. The number of rotatable bonds is 8. The predicted octanol–water partition coefficient (Wildman–Crippen LogP) is 5.28. The fourth-order valence-electron chi connectivity index (χ4n) is 3.41. The molecule has 0 aromatic heterocycles. The number of amides is 2. The van der Waals surface area contributed by atoms with Crippen molar-refractivity contribution < 1.29 is 13.9 Å². The number of carbonyl (C=O) groups is 1. The van der Waals surface area contributed by atoms with Gasteiger partial charge in [0.2, 0.25) is 0 Å². The Morgan fingerprint density at radius 1 is 1.23 bits per heavy atom. The zero-order chi connectivity index (χ0) is 21.6. The van der Waals surface area contributed by atoms with Gasteiger partial charge in [-0.15, -0.1) is 0 Å². The van der Waals surface area contributed by atoms with Crippen LogP contribution in [0.3, 0.4) is 0 Å². The highest BCUT2D eigenvalue weighted by molar-refractivity contribution is 8.15. The Morgan fingerprint density at radius 3 is 2.67 bits per heavy atom. The highest BCUT2D eigenvalue weighted by atomic mass is 32.2. The second kappa shape index (κ2) is 10.1. The lowest BCUT2D eigenvalue weighted by Gasteiger charge is -2.37. The van der Waals surface area contributed by atoms with Gasteiger partial charge in [-0.25, -0.2) is 9.18 Å². The third kappa shape index (κ3) is 4.68. The maximum atomic E-state index is 13.9. The van der Waals surface area contributed by atoms with E-state index in [1.54, 1.807) is 30.1 Å². The summed E-state index contributed by atoms with van der Waals surface area (Å²) in [4.78, 5) is 14.4. The molecular weight excluding hydrogens is 401 g/mol. The van der Waals surface area contributed by atoms with E-state index < -0.39 is 4.87 Å². The van der Waals surface area contributed by atoms with Gasteiger partial charge in [-0.2, -0.15) is 10.1 Å². The molecule has 2 aromatic carbocycles. The van der Waals surface area contributed by atoms with Gasteiger partial charge in [-0.05, 0) is 24.1 Å². The molecule has 2 aromatic rings. The lowest BCUT2D eigenvalue weighted by molar-refractivity contribution is 0.114. The van der Waals surface area contributed by atoms with E-state index in [0.29, 0.717) is 23.8 Å². The summed E-state index contributed by atoms with van der Waals surface area (Å²) in [5.74, 6) is -0.323. The number of thioether (sulfide) groups is 1. The second-order valence-electron chi connectivity index (χ2n) is 7.28. The van der Waals surface area contributed by atoms with E-state index in [-0.39, 0.29) is 11.8 Å². The number of hydrogen-bond acceptors (Lipinski definition) is 4. The zero-order valence-electron chi connectivity index (χ0n) is 17.7. The first kappa shape index (κ1) is 22.3. The average molecular weight is 430 g/mol. The Kier molecular flexibility index (Phi) is 7.50. The first-order valence-corrected chi connectivity index (χ1v) is 11.0. The fourth-order valence-corrected chi connectivity index (χ4v) is 4.81. The van der Waals surface area contributed by atoms with Crippen LogP contribution < -0.4 is 0 Å². The molecule has 0 radical (unpaired) electrons. The van der Waals surface area contributed by atoms with Crippen LogP contribution in [0.5, 0.6) is 0 Å². The number of hydrazone groups is 1. The number of methoxy groups -OCH3 is 1. The predicted molar refractivity (Wildman–Crippen MR) is 120 cm³/mol. The summed E-state index contributed by atoms with van der Waals surface area (Å²) >= 11 is 1.52. The number of likely N-dealkylation sites (N-methyl/N-ethyl adjacent to an activating group) is 1. The lowest BCUT2D eigenvalue weighted by atomic mass is 9.99. The minimum absolute atomic E-state index is 0.203. The van der Waals surface area contributed by atoms with Crippen molar-refractivity contribution >= 4 is 22.8 Å².